The Hall–Kier alpha value is -1.90. The van der Waals surface area contributed by atoms with Crippen molar-refractivity contribution in [3.05, 3.63) is 47.0 Å². The molecule has 1 fully saturated rings. The first-order valence-corrected chi connectivity index (χ1v) is 9.54. The largest absolute Gasteiger partial charge is 0.318 e. The Morgan fingerprint density at radius 3 is 2.32 bits per heavy atom. The molecule has 1 aliphatic heterocycles. The molecular formula is C22H32N3+. The predicted molar refractivity (Wildman–Crippen MR) is 106 cm³/mol. The van der Waals surface area contributed by atoms with Crippen LogP contribution in [0.3, 0.4) is 0 Å². The Morgan fingerprint density at radius 2 is 1.92 bits per heavy atom. The van der Waals surface area contributed by atoms with E-state index >= 15 is 0 Å². The molecular weight excluding hydrogens is 306 g/mol. The lowest BCUT2D eigenvalue weighted by Gasteiger charge is -2.60. The molecule has 1 heterocycles. The third-order valence-corrected chi connectivity index (χ3v) is 6.75. The van der Waals surface area contributed by atoms with Crippen LogP contribution in [0.2, 0.25) is 0 Å². The van der Waals surface area contributed by atoms with Crippen molar-refractivity contribution in [2.24, 2.45) is 5.73 Å². The van der Waals surface area contributed by atoms with E-state index in [1.165, 1.54) is 23.0 Å². The minimum Gasteiger partial charge on any atom is -0.318 e. The Labute approximate surface area is 152 Å². The van der Waals surface area contributed by atoms with Crippen molar-refractivity contribution >= 4 is 12.2 Å². The van der Waals surface area contributed by atoms with Gasteiger partial charge < -0.3 is 5.73 Å². The summed E-state index contributed by atoms with van der Waals surface area (Å²) in [6.45, 7) is 15.4. The van der Waals surface area contributed by atoms with Crippen molar-refractivity contribution in [2.45, 2.75) is 76.7 Å². The summed E-state index contributed by atoms with van der Waals surface area (Å²) in [7, 11) is 0. The molecule has 0 saturated heterocycles. The van der Waals surface area contributed by atoms with Crippen molar-refractivity contribution in [1.82, 2.24) is 0 Å². The molecule has 2 atom stereocenters. The molecule has 134 valence electrons. The smallest absolute Gasteiger partial charge is 0.227 e. The van der Waals surface area contributed by atoms with E-state index in [9.17, 15) is 0 Å². The number of amidine groups is 1. The van der Waals surface area contributed by atoms with E-state index in [-0.39, 0.29) is 11.0 Å². The first-order valence-electron chi connectivity index (χ1n) is 9.54. The van der Waals surface area contributed by atoms with Crippen LogP contribution in [0.25, 0.3) is 0 Å². The summed E-state index contributed by atoms with van der Waals surface area (Å²) in [5.74, 6) is 1.61. The van der Waals surface area contributed by atoms with Crippen LogP contribution >= 0.6 is 0 Å². The van der Waals surface area contributed by atoms with E-state index < -0.39 is 0 Å². The highest BCUT2D eigenvalue weighted by atomic mass is 15.2. The second kappa shape index (κ2) is 5.82. The van der Waals surface area contributed by atoms with Crippen LogP contribution in [0.15, 0.2) is 24.8 Å². The summed E-state index contributed by atoms with van der Waals surface area (Å²) in [5.41, 5.74) is 11.6. The lowest BCUT2D eigenvalue weighted by atomic mass is 9.47. The fraction of sp³-hybridized carbons (Fsp3) is 0.545. The molecule has 2 aliphatic rings. The molecule has 0 amide bonds. The van der Waals surface area contributed by atoms with Crippen LogP contribution in [0, 0.1) is 5.41 Å². The van der Waals surface area contributed by atoms with Gasteiger partial charge in [-0.25, -0.2) is 4.58 Å². The first-order chi connectivity index (χ1) is 11.8. The summed E-state index contributed by atoms with van der Waals surface area (Å²) in [6, 6.07) is 4.63. The van der Waals surface area contributed by atoms with Gasteiger partial charge >= 0.3 is 0 Å². The molecule has 0 spiro atoms. The SMILES string of the molecule is C=CC12CCC1(CC)[N+](C=N)=C(N)c1cc(C(C)C)cc(C(C)C)c12. The van der Waals surface area contributed by atoms with E-state index in [0.717, 1.165) is 30.7 Å². The molecule has 0 bridgehead atoms. The summed E-state index contributed by atoms with van der Waals surface area (Å²) in [5, 5.41) is 8.06. The summed E-state index contributed by atoms with van der Waals surface area (Å²) in [4.78, 5) is 0. The Morgan fingerprint density at radius 1 is 1.24 bits per heavy atom. The van der Waals surface area contributed by atoms with Crippen LogP contribution in [-0.2, 0) is 5.41 Å². The van der Waals surface area contributed by atoms with Crippen molar-refractivity contribution in [3.8, 4) is 0 Å². The van der Waals surface area contributed by atoms with Crippen molar-refractivity contribution < 1.29 is 4.58 Å². The van der Waals surface area contributed by atoms with Gasteiger partial charge in [0, 0.05) is 0 Å². The van der Waals surface area contributed by atoms with Gasteiger partial charge in [-0.1, -0.05) is 46.8 Å². The van der Waals surface area contributed by atoms with Gasteiger partial charge in [-0.15, -0.1) is 6.58 Å². The second-order valence-corrected chi connectivity index (χ2v) is 8.29. The summed E-state index contributed by atoms with van der Waals surface area (Å²) < 4.78 is 2.02. The summed E-state index contributed by atoms with van der Waals surface area (Å²) in [6.07, 6.45) is 6.65. The van der Waals surface area contributed by atoms with Crippen molar-refractivity contribution in [1.29, 1.82) is 5.41 Å². The fourth-order valence-corrected chi connectivity index (χ4v) is 5.16. The van der Waals surface area contributed by atoms with E-state index in [1.54, 1.807) is 0 Å². The zero-order chi connectivity index (χ0) is 18.6. The van der Waals surface area contributed by atoms with Gasteiger partial charge in [0.15, 0.2) is 0 Å². The molecule has 3 N–H and O–H groups in total. The van der Waals surface area contributed by atoms with Gasteiger partial charge in [-0.2, -0.15) is 5.41 Å². The number of hydrogen-bond acceptors (Lipinski definition) is 2. The molecule has 0 aromatic heterocycles. The normalized spacial score (nSPS) is 27.8. The van der Waals surface area contributed by atoms with Gasteiger partial charge in [0.1, 0.15) is 5.54 Å². The lowest BCUT2D eigenvalue weighted by Crippen LogP contribution is -2.69. The van der Waals surface area contributed by atoms with Crippen molar-refractivity contribution in [3.63, 3.8) is 0 Å². The van der Waals surface area contributed by atoms with Crippen LogP contribution in [0.5, 0.6) is 0 Å². The standard InChI is InChI=1S/C22H31N3/c1-7-21-9-10-22(21,8-2)25(13-23)20(24)18-12-16(14(3)4)11-17(15(5)6)19(18)21/h7,11-15,23-24H,1,8-10H2,2-6H3/p+1. The topological polar surface area (TPSA) is 52.9 Å². The molecule has 1 aliphatic carbocycles. The number of nitrogens with two attached hydrogens (primary N) is 1. The molecule has 1 aromatic carbocycles. The number of hydrogen-bond donors (Lipinski definition) is 2. The van der Waals surface area contributed by atoms with Crippen LogP contribution in [0.4, 0.5) is 0 Å². The van der Waals surface area contributed by atoms with Gasteiger partial charge in [-0.05, 0) is 53.9 Å². The number of benzene rings is 1. The van der Waals surface area contributed by atoms with E-state index in [2.05, 4.69) is 59.4 Å². The lowest BCUT2D eigenvalue weighted by molar-refractivity contribution is -0.540. The Bertz CT molecular complexity index is 768. The maximum absolute atomic E-state index is 8.06. The molecule has 2 unspecified atom stereocenters. The van der Waals surface area contributed by atoms with Crippen LogP contribution in [-0.4, -0.2) is 22.3 Å². The minimum atomic E-state index is -0.142. The van der Waals surface area contributed by atoms with Gasteiger partial charge in [0.25, 0.3) is 0 Å². The maximum atomic E-state index is 8.06. The van der Waals surface area contributed by atoms with Crippen molar-refractivity contribution in [2.75, 3.05) is 0 Å². The fourth-order valence-electron chi connectivity index (χ4n) is 5.16. The van der Waals surface area contributed by atoms with Gasteiger partial charge in [0.2, 0.25) is 12.2 Å². The monoisotopic (exact) mass is 338 g/mol. The first kappa shape index (κ1) is 17.9. The predicted octanol–water partition coefficient (Wildman–Crippen LogP) is 4.64. The highest BCUT2D eigenvalue weighted by Gasteiger charge is 2.65. The number of nitrogens with zero attached hydrogens (tertiary/aromatic N) is 1. The molecule has 3 heteroatoms. The maximum Gasteiger partial charge on any atom is 0.227 e. The van der Waals surface area contributed by atoms with E-state index in [1.807, 2.05) is 4.58 Å². The molecule has 3 rings (SSSR count). The molecule has 3 nitrogen and oxygen atoms in total. The van der Waals surface area contributed by atoms with E-state index in [0.29, 0.717) is 11.8 Å². The quantitative estimate of drug-likeness (QED) is 0.349. The summed E-state index contributed by atoms with van der Waals surface area (Å²) >= 11 is 0. The number of rotatable bonds is 5. The van der Waals surface area contributed by atoms with Gasteiger partial charge in [-0.3, -0.25) is 0 Å². The van der Waals surface area contributed by atoms with E-state index in [4.69, 9.17) is 11.1 Å². The third-order valence-electron chi connectivity index (χ3n) is 6.75. The average Bonchev–Trinajstić information content (AvgIpc) is 2.57. The molecule has 1 aromatic rings. The average molecular weight is 339 g/mol. The molecule has 1 saturated carbocycles. The zero-order valence-electron chi connectivity index (χ0n) is 16.3. The van der Waals surface area contributed by atoms with Crippen LogP contribution < -0.4 is 5.73 Å². The highest BCUT2D eigenvalue weighted by Crippen LogP contribution is 2.60. The molecule has 0 radical (unpaired) electrons. The zero-order valence-corrected chi connectivity index (χ0v) is 16.3. The second-order valence-electron chi connectivity index (χ2n) is 8.29. The number of fused-ring (bicyclic) bond motifs is 3. The molecule has 25 heavy (non-hydrogen) atoms. The Kier molecular flexibility index (Phi) is 4.17. The van der Waals surface area contributed by atoms with Gasteiger partial charge in [0.05, 0.1) is 11.0 Å². The Balaban J connectivity index is 2.46. The third kappa shape index (κ3) is 2.04. The minimum absolute atomic E-state index is 0.118. The number of nitrogens with one attached hydrogen (secondary N) is 1. The van der Waals surface area contributed by atoms with Crippen LogP contribution in [0.1, 0.15) is 88.0 Å². The highest BCUT2D eigenvalue weighted by molar-refractivity contribution is 5.99.